The van der Waals surface area contributed by atoms with E-state index in [4.69, 9.17) is 20.4 Å². The van der Waals surface area contributed by atoms with Crippen LogP contribution in [-0.4, -0.2) is 64.2 Å². The minimum Gasteiger partial charge on any atom is -0.374 e. The number of anilines is 3. The molecule has 3 saturated heterocycles. The number of fused-ring (bicyclic) bond motifs is 3. The lowest BCUT2D eigenvalue weighted by molar-refractivity contribution is -0.0351. The first kappa shape index (κ1) is 18.2. The predicted octanol–water partition coefficient (Wildman–Crippen LogP) is 1.97. The summed E-state index contributed by atoms with van der Waals surface area (Å²) in [6, 6.07) is 2.21. The van der Waals surface area contributed by atoms with E-state index >= 15 is 0 Å². The van der Waals surface area contributed by atoms with Crippen LogP contribution in [0.3, 0.4) is 0 Å². The van der Waals surface area contributed by atoms with Crippen LogP contribution < -0.4 is 15.5 Å². The zero-order valence-electron chi connectivity index (χ0n) is 16.4. The molecule has 4 fully saturated rings. The molecule has 0 amide bonds. The van der Waals surface area contributed by atoms with Gasteiger partial charge in [0.05, 0.1) is 24.4 Å². The number of rotatable bonds is 3. The lowest BCUT2D eigenvalue weighted by Crippen LogP contribution is -2.38. The Bertz CT molecular complexity index is 972. The molecule has 1 saturated carbocycles. The highest BCUT2D eigenvalue weighted by atomic mass is 19.3. The molecule has 1 aliphatic carbocycles. The monoisotopic (exact) mass is 415 g/mol. The number of alkyl halides is 2. The summed E-state index contributed by atoms with van der Waals surface area (Å²) in [5.41, 5.74) is 7.02. The molecule has 30 heavy (non-hydrogen) atoms. The normalized spacial score (nSPS) is 31.5. The van der Waals surface area contributed by atoms with Crippen molar-refractivity contribution in [3.8, 4) is 11.3 Å². The zero-order valence-corrected chi connectivity index (χ0v) is 16.4. The smallest absolute Gasteiger partial charge is 0.252 e. The summed E-state index contributed by atoms with van der Waals surface area (Å²) >= 11 is 0. The number of ether oxygens (including phenoxy) is 1. The highest BCUT2D eigenvalue weighted by Crippen LogP contribution is 2.49. The van der Waals surface area contributed by atoms with E-state index in [1.54, 1.807) is 12.4 Å². The summed E-state index contributed by atoms with van der Waals surface area (Å²) in [5.74, 6) is -1.75. The van der Waals surface area contributed by atoms with Crippen molar-refractivity contribution in [3.63, 3.8) is 0 Å². The molecule has 2 N–H and O–H groups in total. The molecule has 10 heteroatoms. The van der Waals surface area contributed by atoms with Crippen molar-refractivity contribution >= 4 is 17.7 Å². The van der Waals surface area contributed by atoms with Crippen molar-refractivity contribution < 1.29 is 13.5 Å². The maximum atomic E-state index is 14.3. The topological polar surface area (TPSA) is 93.3 Å². The minimum absolute atomic E-state index is 0.00763. The van der Waals surface area contributed by atoms with Gasteiger partial charge in [-0.3, -0.25) is 0 Å². The Balaban J connectivity index is 1.38. The largest absolute Gasteiger partial charge is 0.374 e. The van der Waals surface area contributed by atoms with Crippen molar-refractivity contribution in [2.24, 2.45) is 11.8 Å². The predicted molar refractivity (Wildman–Crippen MR) is 106 cm³/mol. The van der Waals surface area contributed by atoms with E-state index < -0.39 is 11.8 Å². The van der Waals surface area contributed by atoms with Crippen LogP contribution in [0.15, 0.2) is 18.5 Å². The Hall–Kier alpha value is -2.62. The molecule has 2 aromatic rings. The van der Waals surface area contributed by atoms with Crippen molar-refractivity contribution in [3.05, 3.63) is 18.5 Å². The number of nitrogens with two attached hydrogens (primary N) is 1. The van der Waals surface area contributed by atoms with Crippen LogP contribution in [0.5, 0.6) is 0 Å². The van der Waals surface area contributed by atoms with Crippen LogP contribution in [0.4, 0.5) is 26.5 Å². The second-order valence-electron chi connectivity index (χ2n) is 8.81. The summed E-state index contributed by atoms with van der Waals surface area (Å²) < 4.78 is 34.3. The van der Waals surface area contributed by atoms with Crippen LogP contribution in [0.1, 0.15) is 19.3 Å². The molecule has 2 bridgehead atoms. The molecule has 5 heterocycles. The maximum Gasteiger partial charge on any atom is 0.252 e. The number of hydrogen-bond acceptors (Lipinski definition) is 8. The maximum absolute atomic E-state index is 14.3. The Kier molecular flexibility index (Phi) is 3.90. The Morgan fingerprint density at radius 2 is 1.97 bits per heavy atom. The minimum atomic E-state index is -2.60. The van der Waals surface area contributed by atoms with Gasteiger partial charge in [0.15, 0.2) is 0 Å². The molecule has 3 aliphatic heterocycles. The first-order chi connectivity index (χ1) is 14.5. The van der Waals surface area contributed by atoms with E-state index in [9.17, 15) is 8.78 Å². The first-order valence-electron chi connectivity index (χ1n) is 10.4. The SMILES string of the molecule is Nc1ncc(-c2cc(N3CC4CC3CO4)nc(N3CC4CCC(F)(F)C4C3)n2)cn1. The molecule has 2 aromatic heterocycles. The summed E-state index contributed by atoms with van der Waals surface area (Å²) in [6.45, 7) is 2.32. The highest BCUT2D eigenvalue weighted by molar-refractivity contribution is 5.65. The molecule has 158 valence electrons. The molecule has 0 radical (unpaired) electrons. The number of aromatic nitrogens is 4. The van der Waals surface area contributed by atoms with Gasteiger partial charge in [0.2, 0.25) is 11.9 Å². The molecule has 4 aliphatic rings. The van der Waals surface area contributed by atoms with Gasteiger partial charge >= 0.3 is 0 Å². The lowest BCUT2D eigenvalue weighted by Gasteiger charge is -2.29. The van der Waals surface area contributed by atoms with Gasteiger partial charge in [-0.2, -0.15) is 4.98 Å². The van der Waals surface area contributed by atoms with E-state index in [2.05, 4.69) is 14.9 Å². The zero-order chi connectivity index (χ0) is 20.5. The van der Waals surface area contributed by atoms with Gasteiger partial charge in [-0.15, -0.1) is 0 Å². The molecule has 4 unspecified atom stereocenters. The molecule has 6 rings (SSSR count). The van der Waals surface area contributed by atoms with Gasteiger partial charge in [-0.25, -0.2) is 23.7 Å². The fraction of sp³-hybridized carbons (Fsp3) is 0.600. The molecule has 0 spiro atoms. The van der Waals surface area contributed by atoms with Crippen molar-refractivity contribution in [1.82, 2.24) is 19.9 Å². The van der Waals surface area contributed by atoms with Gasteiger partial charge in [0, 0.05) is 56.0 Å². The van der Waals surface area contributed by atoms with E-state index in [1.165, 1.54) is 0 Å². The summed E-state index contributed by atoms with van der Waals surface area (Å²) in [7, 11) is 0. The number of nitrogen functional groups attached to an aromatic ring is 1. The van der Waals surface area contributed by atoms with E-state index in [0.29, 0.717) is 31.2 Å². The number of hydrogen-bond donors (Lipinski definition) is 1. The number of halogens is 2. The van der Waals surface area contributed by atoms with Crippen LogP contribution >= 0.6 is 0 Å². The van der Waals surface area contributed by atoms with Gasteiger partial charge in [-0.1, -0.05) is 0 Å². The van der Waals surface area contributed by atoms with Crippen molar-refractivity contribution in [2.45, 2.75) is 37.3 Å². The quantitative estimate of drug-likeness (QED) is 0.814. The Morgan fingerprint density at radius 3 is 2.67 bits per heavy atom. The Labute approximate surface area is 172 Å². The molecule has 0 aromatic carbocycles. The second-order valence-corrected chi connectivity index (χ2v) is 8.81. The molecule has 8 nitrogen and oxygen atoms in total. The second kappa shape index (κ2) is 6.44. The molecule has 4 atom stereocenters. The molecular weight excluding hydrogens is 392 g/mol. The third kappa shape index (κ3) is 2.88. The number of nitrogens with zero attached hydrogens (tertiary/aromatic N) is 6. The third-order valence-corrected chi connectivity index (χ3v) is 6.98. The lowest BCUT2D eigenvalue weighted by atomic mass is 9.99. The summed E-state index contributed by atoms with van der Waals surface area (Å²) in [6.07, 6.45) is 5.01. The fourth-order valence-corrected chi connectivity index (χ4v) is 5.38. The van der Waals surface area contributed by atoms with Crippen LogP contribution in [0, 0.1) is 11.8 Å². The summed E-state index contributed by atoms with van der Waals surface area (Å²) in [5, 5.41) is 0. The van der Waals surface area contributed by atoms with Crippen LogP contribution in [0.2, 0.25) is 0 Å². The standard InChI is InChI=1S/C20H23F2N7O/c21-20(22)2-1-11-7-28(9-15(11)20)19-26-16(12-5-24-18(23)25-6-12)4-17(27-19)29-8-14-3-13(29)10-30-14/h4-6,11,13-15H,1-3,7-10H2,(H2,23,24,25). The van der Waals surface area contributed by atoms with Crippen LogP contribution in [-0.2, 0) is 4.74 Å². The summed E-state index contributed by atoms with van der Waals surface area (Å²) in [4.78, 5) is 21.8. The van der Waals surface area contributed by atoms with Gasteiger partial charge in [0.1, 0.15) is 5.82 Å². The van der Waals surface area contributed by atoms with Crippen molar-refractivity contribution in [1.29, 1.82) is 0 Å². The number of morpholine rings is 1. The molecular formula is C20H23F2N7O. The van der Waals surface area contributed by atoms with Gasteiger partial charge < -0.3 is 20.3 Å². The average Bonchev–Trinajstić information content (AvgIpc) is 3.51. The van der Waals surface area contributed by atoms with E-state index in [0.717, 1.165) is 24.3 Å². The van der Waals surface area contributed by atoms with Gasteiger partial charge in [-0.05, 0) is 18.8 Å². The van der Waals surface area contributed by atoms with Crippen LogP contribution in [0.25, 0.3) is 11.3 Å². The highest BCUT2D eigenvalue weighted by Gasteiger charge is 2.54. The van der Waals surface area contributed by atoms with E-state index in [1.807, 2.05) is 11.0 Å². The third-order valence-electron chi connectivity index (χ3n) is 6.98. The first-order valence-corrected chi connectivity index (χ1v) is 10.4. The van der Waals surface area contributed by atoms with E-state index in [-0.39, 0.29) is 37.0 Å². The van der Waals surface area contributed by atoms with Crippen molar-refractivity contribution in [2.75, 3.05) is 41.8 Å². The average molecular weight is 415 g/mol. The van der Waals surface area contributed by atoms with Gasteiger partial charge in [0.25, 0.3) is 5.92 Å². The Morgan fingerprint density at radius 1 is 1.13 bits per heavy atom. The fourth-order valence-electron chi connectivity index (χ4n) is 5.38.